The third-order valence-corrected chi connectivity index (χ3v) is 4.32. The summed E-state index contributed by atoms with van der Waals surface area (Å²) in [6.07, 6.45) is 4.15. The van der Waals surface area contributed by atoms with Gasteiger partial charge in [0.25, 0.3) is 0 Å². The first-order chi connectivity index (χ1) is 8.42. The van der Waals surface area contributed by atoms with Crippen LogP contribution in [-0.2, 0) is 13.5 Å². The van der Waals surface area contributed by atoms with Crippen LogP contribution < -0.4 is 5.32 Å². The van der Waals surface area contributed by atoms with Crippen molar-refractivity contribution in [2.45, 2.75) is 51.3 Å². The number of nitrogens with one attached hydrogen (secondary N) is 1. The Kier molecular flexibility index (Phi) is 6.22. The first-order valence-electron chi connectivity index (χ1n) is 6.76. The summed E-state index contributed by atoms with van der Waals surface area (Å²) in [4.78, 5) is 0. The van der Waals surface area contributed by atoms with Crippen LogP contribution >= 0.6 is 11.8 Å². The monoisotopic (exact) mass is 269 g/mol. The van der Waals surface area contributed by atoms with Crippen molar-refractivity contribution < 1.29 is 0 Å². The number of hydrogen-bond acceptors (Lipinski definition) is 3. The number of rotatable bonds is 7. The molecule has 1 atom stereocenters. The molecule has 0 spiro atoms. The van der Waals surface area contributed by atoms with Gasteiger partial charge in [-0.05, 0) is 25.5 Å². The molecule has 0 bridgehead atoms. The van der Waals surface area contributed by atoms with Crippen LogP contribution in [0.1, 0.15) is 39.8 Å². The van der Waals surface area contributed by atoms with E-state index in [0.717, 1.165) is 13.0 Å². The quantitative estimate of drug-likeness (QED) is 0.825. The number of aromatic nitrogens is 2. The minimum atomic E-state index is 0.347. The highest BCUT2D eigenvalue weighted by molar-refractivity contribution is 8.00. The molecule has 1 rings (SSSR count). The summed E-state index contributed by atoms with van der Waals surface area (Å²) in [5, 5.41) is 7.80. The van der Waals surface area contributed by atoms with E-state index in [4.69, 9.17) is 0 Å². The molecule has 0 aromatic carbocycles. The summed E-state index contributed by atoms with van der Waals surface area (Å²) in [6, 6.07) is 2.70. The molecule has 104 valence electrons. The molecule has 0 aliphatic heterocycles. The lowest BCUT2D eigenvalue weighted by Gasteiger charge is -2.23. The molecular formula is C14H27N3S. The van der Waals surface area contributed by atoms with E-state index in [0.29, 0.717) is 10.8 Å². The average molecular weight is 269 g/mol. The summed E-state index contributed by atoms with van der Waals surface area (Å²) in [7, 11) is 2.02. The molecule has 0 radical (unpaired) electrons. The SMILES string of the molecule is CCNC(CCc1ccnn1C)CSC(C)(C)C. The summed E-state index contributed by atoms with van der Waals surface area (Å²) in [5.41, 5.74) is 1.32. The summed E-state index contributed by atoms with van der Waals surface area (Å²) >= 11 is 2.04. The molecule has 3 nitrogen and oxygen atoms in total. The Hall–Kier alpha value is -0.480. The van der Waals surface area contributed by atoms with Gasteiger partial charge >= 0.3 is 0 Å². The highest BCUT2D eigenvalue weighted by atomic mass is 32.2. The Morgan fingerprint density at radius 3 is 2.67 bits per heavy atom. The molecule has 1 aromatic heterocycles. The van der Waals surface area contributed by atoms with Gasteiger partial charge in [0, 0.05) is 35.5 Å². The van der Waals surface area contributed by atoms with Crippen molar-refractivity contribution in [2.24, 2.45) is 7.05 Å². The fourth-order valence-corrected chi connectivity index (χ4v) is 2.84. The van der Waals surface area contributed by atoms with Gasteiger partial charge in [-0.3, -0.25) is 4.68 Å². The molecule has 1 heterocycles. The molecular weight excluding hydrogens is 242 g/mol. The van der Waals surface area contributed by atoms with Gasteiger partial charge in [0.15, 0.2) is 0 Å². The highest BCUT2D eigenvalue weighted by Crippen LogP contribution is 2.24. The zero-order valence-corrected chi connectivity index (χ0v) is 13.2. The second-order valence-corrected chi connectivity index (χ2v) is 7.51. The third-order valence-electron chi connectivity index (χ3n) is 2.88. The number of hydrogen-bond donors (Lipinski definition) is 1. The Labute approximate surface area is 116 Å². The van der Waals surface area contributed by atoms with E-state index < -0.39 is 0 Å². The minimum absolute atomic E-state index is 0.347. The summed E-state index contributed by atoms with van der Waals surface area (Å²) < 4.78 is 2.32. The molecule has 18 heavy (non-hydrogen) atoms. The van der Waals surface area contributed by atoms with Crippen LogP contribution in [-0.4, -0.2) is 32.9 Å². The standard InChI is InChI=1S/C14H27N3S/c1-6-15-12(11-18-14(2,3)4)7-8-13-9-10-16-17(13)5/h9-10,12,15H,6-8,11H2,1-5H3. The van der Waals surface area contributed by atoms with Crippen molar-refractivity contribution in [3.05, 3.63) is 18.0 Å². The second-order valence-electron chi connectivity index (χ2n) is 5.66. The predicted molar refractivity (Wildman–Crippen MR) is 81.2 cm³/mol. The van der Waals surface area contributed by atoms with Gasteiger partial charge in [-0.2, -0.15) is 16.9 Å². The Morgan fingerprint density at radius 1 is 1.44 bits per heavy atom. The Balaban J connectivity index is 2.40. The van der Waals surface area contributed by atoms with Crippen LogP contribution in [0.4, 0.5) is 0 Å². The topological polar surface area (TPSA) is 29.9 Å². The van der Waals surface area contributed by atoms with Crippen molar-refractivity contribution in [3.63, 3.8) is 0 Å². The maximum atomic E-state index is 4.22. The molecule has 1 unspecified atom stereocenters. The maximum absolute atomic E-state index is 4.22. The van der Waals surface area contributed by atoms with Gasteiger partial charge < -0.3 is 5.32 Å². The Morgan fingerprint density at radius 2 is 2.17 bits per heavy atom. The first kappa shape index (κ1) is 15.6. The number of nitrogens with zero attached hydrogens (tertiary/aromatic N) is 2. The van der Waals surface area contributed by atoms with Gasteiger partial charge in [0.2, 0.25) is 0 Å². The molecule has 1 N–H and O–H groups in total. The van der Waals surface area contributed by atoms with E-state index in [1.165, 1.54) is 17.9 Å². The molecule has 0 saturated heterocycles. The Bertz CT molecular complexity index is 341. The van der Waals surface area contributed by atoms with E-state index >= 15 is 0 Å². The van der Waals surface area contributed by atoms with Crippen LogP contribution in [0, 0.1) is 0 Å². The smallest absolute Gasteiger partial charge is 0.0492 e. The lowest BCUT2D eigenvalue weighted by atomic mass is 10.1. The molecule has 4 heteroatoms. The van der Waals surface area contributed by atoms with E-state index in [9.17, 15) is 0 Å². The lowest BCUT2D eigenvalue weighted by molar-refractivity contribution is 0.525. The molecule has 0 fully saturated rings. The predicted octanol–water partition coefficient (Wildman–Crippen LogP) is 2.86. The van der Waals surface area contributed by atoms with Crippen molar-refractivity contribution in [2.75, 3.05) is 12.3 Å². The van der Waals surface area contributed by atoms with E-state index in [2.05, 4.69) is 44.2 Å². The van der Waals surface area contributed by atoms with Crippen LogP contribution in [0.15, 0.2) is 12.3 Å². The van der Waals surface area contributed by atoms with Crippen molar-refractivity contribution >= 4 is 11.8 Å². The van der Waals surface area contributed by atoms with E-state index in [1.54, 1.807) is 0 Å². The number of aryl methyl sites for hydroxylation is 2. The average Bonchev–Trinajstić information content (AvgIpc) is 2.67. The normalized spacial score (nSPS) is 13.8. The fourth-order valence-electron chi connectivity index (χ4n) is 1.85. The highest BCUT2D eigenvalue weighted by Gasteiger charge is 2.15. The molecule has 0 saturated carbocycles. The largest absolute Gasteiger partial charge is 0.313 e. The zero-order valence-electron chi connectivity index (χ0n) is 12.4. The third kappa shape index (κ3) is 5.91. The molecule has 0 aliphatic carbocycles. The molecule has 1 aromatic rings. The first-order valence-corrected chi connectivity index (χ1v) is 7.75. The van der Waals surface area contributed by atoms with Crippen LogP contribution in [0.3, 0.4) is 0 Å². The van der Waals surface area contributed by atoms with Crippen LogP contribution in [0.5, 0.6) is 0 Å². The van der Waals surface area contributed by atoms with E-state index in [-0.39, 0.29) is 0 Å². The van der Waals surface area contributed by atoms with Gasteiger partial charge in [-0.25, -0.2) is 0 Å². The van der Waals surface area contributed by atoms with Gasteiger partial charge in [0.1, 0.15) is 0 Å². The molecule has 0 aliphatic rings. The van der Waals surface area contributed by atoms with Crippen molar-refractivity contribution in [1.29, 1.82) is 0 Å². The maximum Gasteiger partial charge on any atom is 0.0492 e. The number of thioether (sulfide) groups is 1. The van der Waals surface area contributed by atoms with Crippen molar-refractivity contribution in [3.8, 4) is 0 Å². The molecule has 0 amide bonds. The summed E-state index contributed by atoms with van der Waals surface area (Å²) in [6.45, 7) is 10.1. The van der Waals surface area contributed by atoms with E-state index in [1.807, 2.05) is 29.7 Å². The fraction of sp³-hybridized carbons (Fsp3) is 0.786. The van der Waals surface area contributed by atoms with Crippen molar-refractivity contribution in [1.82, 2.24) is 15.1 Å². The zero-order chi connectivity index (χ0) is 13.6. The van der Waals surface area contributed by atoms with Gasteiger partial charge in [-0.15, -0.1) is 0 Å². The lowest BCUT2D eigenvalue weighted by Crippen LogP contribution is -2.33. The van der Waals surface area contributed by atoms with Crippen LogP contribution in [0.2, 0.25) is 0 Å². The minimum Gasteiger partial charge on any atom is -0.313 e. The summed E-state index contributed by atoms with van der Waals surface area (Å²) in [5.74, 6) is 1.18. The van der Waals surface area contributed by atoms with Gasteiger partial charge in [0.05, 0.1) is 0 Å². The van der Waals surface area contributed by atoms with Crippen LogP contribution in [0.25, 0.3) is 0 Å². The van der Waals surface area contributed by atoms with Gasteiger partial charge in [-0.1, -0.05) is 27.7 Å². The second kappa shape index (κ2) is 7.19.